The van der Waals surface area contributed by atoms with Crippen LogP contribution in [0.1, 0.15) is 21.5 Å². The smallest absolute Gasteiger partial charge is 0.276 e. The maximum atomic E-state index is 12.4. The third-order valence-electron chi connectivity index (χ3n) is 4.44. The van der Waals surface area contributed by atoms with E-state index in [1.54, 1.807) is 42.5 Å². The van der Waals surface area contributed by atoms with E-state index in [1.165, 1.54) is 13.2 Å². The molecular weight excluding hydrogens is 446 g/mol. The summed E-state index contributed by atoms with van der Waals surface area (Å²) in [5, 5.41) is 9.37. The molecule has 0 heterocycles. The van der Waals surface area contributed by atoms with Crippen molar-refractivity contribution in [3.63, 3.8) is 0 Å². The average Bonchev–Trinajstić information content (AvgIpc) is 2.85. The van der Waals surface area contributed by atoms with Crippen LogP contribution in [-0.2, 0) is 11.4 Å². The van der Waals surface area contributed by atoms with Crippen LogP contribution in [0.2, 0.25) is 5.02 Å². The lowest BCUT2D eigenvalue weighted by molar-refractivity contribution is -0.123. The van der Waals surface area contributed by atoms with E-state index >= 15 is 0 Å². The van der Waals surface area contributed by atoms with Crippen LogP contribution in [-0.4, -0.2) is 25.5 Å². The Bertz CT molecular complexity index is 1180. The molecule has 0 aliphatic carbocycles. The Morgan fingerprint density at radius 2 is 1.73 bits per heavy atom. The highest BCUT2D eigenvalue weighted by molar-refractivity contribution is 6.31. The molecule has 3 rings (SSSR count). The lowest BCUT2D eigenvalue weighted by atomic mass is 10.2. The molecule has 0 saturated heterocycles. The van der Waals surface area contributed by atoms with E-state index in [4.69, 9.17) is 31.1 Å². The average molecular weight is 466 g/mol. The molecule has 2 amide bonds. The van der Waals surface area contributed by atoms with Gasteiger partial charge >= 0.3 is 0 Å². The number of nitrogens with zero attached hydrogens (tertiary/aromatic N) is 1. The Kier molecular flexibility index (Phi) is 8.11. The molecule has 9 heteroatoms. The highest BCUT2D eigenvalue weighted by Crippen LogP contribution is 2.29. The van der Waals surface area contributed by atoms with Gasteiger partial charge in [0.15, 0.2) is 18.1 Å². The van der Waals surface area contributed by atoms with Crippen molar-refractivity contribution >= 4 is 23.4 Å². The standard InChI is InChI=1S/C24H20ClN3O5/c1-31-22-12-17(8-11-21(22)33-14-18-4-2-3-5-20(18)25)24(30)28-27-23(29)15-32-19-9-6-16(13-26)7-10-19/h2-12H,14-15H2,1H3,(H,27,29)(H,28,30). The number of benzene rings is 3. The monoisotopic (exact) mass is 465 g/mol. The first-order valence-electron chi connectivity index (χ1n) is 9.76. The second kappa shape index (κ2) is 11.4. The molecule has 0 spiro atoms. The number of halogens is 1. The molecule has 0 fully saturated rings. The summed E-state index contributed by atoms with van der Waals surface area (Å²) in [6.45, 7) is -0.0821. The maximum absolute atomic E-state index is 12.4. The van der Waals surface area contributed by atoms with Crippen molar-refractivity contribution in [3.8, 4) is 23.3 Å². The van der Waals surface area contributed by atoms with E-state index in [9.17, 15) is 9.59 Å². The molecule has 0 bridgehead atoms. The van der Waals surface area contributed by atoms with Gasteiger partial charge in [-0.15, -0.1) is 0 Å². The molecule has 3 aromatic rings. The molecule has 0 atom stereocenters. The van der Waals surface area contributed by atoms with Gasteiger partial charge in [0.2, 0.25) is 0 Å². The van der Waals surface area contributed by atoms with Crippen molar-refractivity contribution in [1.29, 1.82) is 5.26 Å². The summed E-state index contributed by atoms with van der Waals surface area (Å²) in [4.78, 5) is 24.3. The molecule has 168 valence electrons. The molecule has 0 aliphatic rings. The number of carbonyl (C=O) groups excluding carboxylic acids is 2. The van der Waals surface area contributed by atoms with Gasteiger partial charge in [0.1, 0.15) is 12.4 Å². The number of nitrogens with one attached hydrogen (secondary N) is 2. The van der Waals surface area contributed by atoms with E-state index in [2.05, 4.69) is 10.9 Å². The van der Waals surface area contributed by atoms with Crippen molar-refractivity contribution in [2.75, 3.05) is 13.7 Å². The van der Waals surface area contributed by atoms with E-state index in [0.717, 1.165) is 5.56 Å². The lowest BCUT2D eigenvalue weighted by Crippen LogP contribution is -2.43. The minimum absolute atomic E-state index is 0.233. The summed E-state index contributed by atoms with van der Waals surface area (Å²) in [5.41, 5.74) is 6.14. The third kappa shape index (κ3) is 6.63. The molecule has 8 nitrogen and oxygen atoms in total. The molecular formula is C24H20ClN3O5. The first-order valence-corrected chi connectivity index (χ1v) is 10.1. The summed E-state index contributed by atoms with van der Waals surface area (Å²) < 4.78 is 16.4. The molecule has 0 radical (unpaired) electrons. The number of methoxy groups -OCH3 is 1. The minimum Gasteiger partial charge on any atom is -0.493 e. The Balaban J connectivity index is 1.52. The Morgan fingerprint density at radius 3 is 2.42 bits per heavy atom. The fourth-order valence-electron chi connectivity index (χ4n) is 2.71. The minimum atomic E-state index is -0.556. The summed E-state index contributed by atoms with van der Waals surface area (Å²) >= 11 is 6.14. The zero-order chi connectivity index (χ0) is 23.6. The molecule has 33 heavy (non-hydrogen) atoms. The third-order valence-corrected chi connectivity index (χ3v) is 4.80. The van der Waals surface area contributed by atoms with Gasteiger partial charge in [-0.05, 0) is 48.5 Å². The quantitative estimate of drug-likeness (QED) is 0.491. The van der Waals surface area contributed by atoms with Gasteiger partial charge < -0.3 is 14.2 Å². The molecule has 2 N–H and O–H groups in total. The van der Waals surface area contributed by atoms with Crippen LogP contribution in [0.4, 0.5) is 0 Å². The van der Waals surface area contributed by atoms with Gasteiger partial charge in [0.05, 0.1) is 18.7 Å². The lowest BCUT2D eigenvalue weighted by Gasteiger charge is -2.13. The molecule has 0 saturated carbocycles. The van der Waals surface area contributed by atoms with Gasteiger partial charge in [-0.25, -0.2) is 0 Å². The van der Waals surface area contributed by atoms with Gasteiger partial charge in [-0.1, -0.05) is 29.8 Å². The second-order valence-corrected chi connectivity index (χ2v) is 7.08. The Hall–Kier alpha value is -4.22. The first-order chi connectivity index (χ1) is 16.0. The molecule has 0 unspecified atom stereocenters. The summed E-state index contributed by atoms with van der Waals surface area (Å²) in [6, 6.07) is 20.2. The van der Waals surface area contributed by atoms with Gasteiger partial charge in [-0.2, -0.15) is 5.26 Å². The van der Waals surface area contributed by atoms with Crippen molar-refractivity contribution in [2.45, 2.75) is 6.61 Å². The number of rotatable bonds is 8. The zero-order valence-electron chi connectivity index (χ0n) is 17.6. The Morgan fingerprint density at radius 1 is 0.970 bits per heavy atom. The van der Waals surface area contributed by atoms with Gasteiger partial charge in [0.25, 0.3) is 11.8 Å². The van der Waals surface area contributed by atoms with Gasteiger partial charge in [0, 0.05) is 16.1 Å². The van der Waals surface area contributed by atoms with Crippen LogP contribution in [0.5, 0.6) is 17.2 Å². The second-order valence-electron chi connectivity index (χ2n) is 6.67. The number of nitriles is 1. The maximum Gasteiger partial charge on any atom is 0.276 e. The van der Waals surface area contributed by atoms with Crippen LogP contribution < -0.4 is 25.1 Å². The fraction of sp³-hybridized carbons (Fsp3) is 0.125. The predicted octanol–water partition coefficient (Wildman–Crippen LogP) is 3.64. The predicted molar refractivity (Wildman–Crippen MR) is 121 cm³/mol. The molecule has 3 aromatic carbocycles. The van der Waals surface area contributed by atoms with Crippen LogP contribution >= 0.6 is 11.6 Å². The normalized spacial score (nSPS) is 9.97. The summed E-state index contributed by atoms with van der Waals surface area (Å²) in [5.74, 6) is 0.114. The highest BCUT2D eigenvalue weighted by atomic mass is 35.5. The SMILES string of the molecule is COc1cc(C(=O)NNC(=O)COc2ccc(C#N)cc2)ccc1OCc1ccccc1Cl. The summed E-state index contributed by atoms with van der Waals surface area (Å²) in [7, 11) is 1.46. The van der Waals surface area contributed by atoms with Gasteiger partial charge in [-0.3, -0.25) is 20.4 Å². The number of hydrazine groups is 1. The topological polar surface area (TPSA) is 110 Å². The number of hydrogen-bond acceptors (Lipinski definition) is 6. The van der Waals surface area contributed by atoms with Crippen molar-refractivity contribution in [2.24, 2.45) is 0 Å². The summed E-state index contributed by atoms with van der Waals surface area (Å²) in [6.07, 6.45) is 0. The number of hydrogen-bond donors (Lipinski definition) is 2. The highest BCUT2D eigenvalue weighted by Gasteiger charge is 2.13. The van der Waals surface area contributed by atoms with Crippen LogP contribution in [0.25, 0.3) is 0 Å². The van der Waals surface area contributed by atoms with E-state index in [-0.39, 0.29) is 18.8 Å². The number of carbonyl (C=O) groups is 2. The van der Waals surface area contributed by atoms with Crippen molar-refractivity contribution < 1.29 is 23.8 Å². The Labute approximate surface area is 195 Å². The van der Waals surface area contributed by atoms with Crippen molar-refractivity contribution in [1.82, 2.24) is 10.9 Å². The zero-order valence-corrected chi connectivity index (χ0v) is 18.4. The van der Waals surface area contributed by atoms with E-state index in [1.807, 2.05) is 24.3 Å². The van der Waals surface area contributed by atoms with Crippen LogP contribution in [0.15, 0.2) is 66.7 Å². The first kappa shape index (κ1) is 23.4. The number of amides is 2. The molecule has 0 aromatic heterocycles. The van der Waals surface area contributed by atoms with Crippen LogP contribution in [0, 0.1) is 11.3 Å². The number of ether oxygens (including phenoxy) is 3. The largest absolute Gasteiger partial charge is 0.493 e. The van der Waals surface area contributed by atoms with Crippen LogP contribution in [0.3, 0.4) is 0 Å². The van der Waals surface area contributed by atoms with Crippen molar-refractivity contribution in [3.05, 3.63) is 88.4 Å². The molecule has 0 aliphatic heterocycles. The van der Waals surface area contributed by atoms with E-state index < -0.39 is 11.8 Å². The fourth-order valence-corrected chi connectivity index (χ4v) is 2.90. The van der Waals surface area contributed by atoms with E-state index in [0.29, 0.717) is 27.8 Å².